The van der Waals surface area contributed by atoms with Gasteiger partial charge in [0, 0.05) is 22.4 Å². The summed E-state index contributed by atoms with van der Waals surface area (Å²) in [6, 6.07) is 6.70. The maximum absolute atomic E-state index is 15.0. The molecule has 6 N–H and O–H groups in total. The number of hydrogen-bond donors (Lipinski definition) is 6. The number of nitrogens with zero attached hydrogens (tertiary/aromatic N) is 2. The summed E-state index contributed by atoms with van der Waals surface area (Å²) in [6.45, 7) is 8.08. The van der Waals surface area contributed by atoms with Gasteiger partial charge in [0.05, 0.1) is 23.7 Å². The van der Waals surface area contributed by atoms with Crippen molar-refractivity contribution in [3.63, 3.8) is 0 Å². The number of Topliss-reactive ketones (excluding diaryl/α,β-unsaturated/α-hetero) is 1. The number of amides is 5. The van der Waals surface area contributed by atoms with Crippen molar-refractivity contribution in [3.05, 3.63) is 76.8 Å². The highest BCUT2D eigenvalue weighted by Crippen LogP contribution is 2.30. The SMILES string of the molecule is CCC(NC(=O)C(CC1CCCCC1)NC(=O)C(NC(=O)C(CC(C)C)(NC(=O)c1cnccn1)NS(=O)(=O)c1ccc(-c2cc(Cl)cc(Cl)c2)cc1)C(C)CC)C(=O)C(=O)NCC=O. The minimum atomic E-state index is -4.65. The van der Waals surface area contributed by atoms with Crippen molar-refractivity contribution in [3.8, 4) is 11.1 Å². The minimum Gasteiger partial charge on any atom is -0.344 e. The molecular formula is C45H58Cl2N8O9S. The fourth-order valence-electron chi connectivity index (χ4n) is 7.66. The van der Waals surface area contributed by atoms with E-state index in [-0.39, 0.29) is 35.8 Å². The third kappa shape index (κ3) is 14.9. The molecule has 2 aromatic carbocycles. The lowest BCUT2D eigenvalue weighted by atomic mass is 9.84. The van der Waals surface area contributed by atoms with Crippen molar-refractivity contribution < 1.29 is 42.0 Å². The number of nitrogens with one attached hydrogen (secondary N) is 6. The first-order valence-electron chi connectivity index (χ1n) is 21.7. The van der Waals surface area contributed by atoms with Crippen LogP contribution in [0.15, 0.2) is 66.0 Å². The Morgan fingerprint density at radius 2 is 1.48 bits per heavy atom. The summed E-state index contributed by atoms with van der Waals surface area (Å²) in [7, 11) is -4.65. The molecule has 0 bridgehead atoms. The van der Waals surface area contributed by atoms with Crippen molar-refractivity contribution in [2.24, 2.45) is 17.8 Å². The van der Waals surface area contributed by atoms with E-state index in [1.165, 1.54) is 36.7 Å². The van der Waals surface area contributed by atoms with Gasteiger partial charge in [-0.15, -0.1) is 0 Å². The van der Waals surface area contributed by atoms with Crippen LogP contribution in [0.25, 0.3) is 11.1 Å². The number of hydrogen-bond acceptors (Lipinski definition) is 11. The second-order valence-corrected chi connectivity index (χ2v) is 19.2. The Bertz CT molecular complexity index is 2260. The Morgan fingerprint density at radius 3 is 2.05 bits per heavy atom. The van der Waals surface area contributed by atoms with Crippen LogP contribution in [0.2, 0.25) is 10.0 Å². The lowest BCUT2D eigenvalue weighted by molar-refractivity contribution is -0.141. The molecule has 1 aliphatic rings. The van der Waals surface area contributed by atoms with Crippen molar-refractivity contribution in [1.82, 2.24) is 41.3 Å². The first kappa shape index (κ1) is 52.3. The Kier molecular flexibility index (Phi) is 19.6. The molecule has 352 valence electrons. The molecule has 1 saturated carbocycles. The third-order valence-electron chi connectivity index (χ3n) is 11.2. The summed E-state index contributed by atoms with van der Waals surface area (Å²) < 4.78 is 31.2. The van der Waals surface area contributed by atoms with Crippen LogP contribution < -0.4 is 31.3 Å². The molecule has 0 aliphatic heterocycles. The number of carbonyl (C=O) groups excluding carboxylic acids is 7. The third-order valence-corrected chi connectivity index (χ3v) is 13.2. The molecule has 0 spiro atoms. The number of halogens is 2. The molecule has 1 aromatic heterocycles. The molecule has 5 amide bonds. The zero-order chi connectivity index (χ0) is 47.9. The summed E-state index contributed by atoms with van der Waals surface area (Å²) in [4.78, 5) is 101. The van der Waals surface area contributed by atoms with Crippen molar-refractivity contribution in [1.29, 1.82) is 0 Å². The fourth-order valence-corrected chi connectivity index (χ4v) is 9.48. The van der Waals surface area contributed by atoms with Crippen LogP contribution in [0.3, 0.4) is 0 Å². The first-order valence-corrected chi connectivity index (χ1v) is 23.9. The van der Waals surface area contributed by atoms with Gasteiger partial charge in [-0.1, -0.05) is 108 Å². The number of sulfonamides is 1. The normalized spacial score (nSPS) is 15.9. The maximum atomic E-state index is 15.0. The molecule has 0 radical (unpaired) electrons. The molecule has 1 aliphatic carbocycles. The zero-order valence-electron chi connectivity index (χ0n) is 37.1. The van der Waals surface area contributed by atoms with Crippen molar-refractivity contribution in [2.45, 2.75) is 121 Å². The van der Waals surface area contributed by atoms with E-state index >= 15 is 0 Å². The number of rotatable bonds is 23. The van der Waals surface area contributed by atoms with Gasteiger partial charge in [0.1, 0.15) is 24.1 Å². The number of benzene rings is 2. The molecule has 1 fully saturated rings. The highest BCUT2D eigenvalue weighted by atomic mass is 35.5. The van der Waals surface area contributed by atoms with Gasteiger partial charge < -0.3 is 31.4 Å². The van der Waals surface area contributed by atoms with Crippen LogP contribution in [0.5, 0.6) is 0 Å². The predicted molar refractivity (Wildman–Crippen MR) is 245 cm³/mol. The quantitative estimate of drug-likeness (QED) is 0.0433. The van der Waals surface area contributed by atoms with Gasteiger partial charge in [0.15, 0.2) is 5.66 Å². The van der Waals surface area contributed by atoms with Crippen LogP contribution in [-0.4, -0.2) is 90.3 Å². The lowest BCUT2D eigenvalue weighted by Gasteiger charge is -2.37. The Labute approximate surface area is 389 Å². The topological polar surface area (TPSA) is 252 Å². The largest absolute Gasteiger partial charge is 0.344 e. The molecule has 17 nitrogen and oxygen atoms in total. The molecule has 65 heavy (non-hydrogen) atoms. The molecule has 5 unspecified atom stereocenters. The van der Waals surface area contributed by atoms with E-state index in [0.717, 1.165) is 38.3 Å². The highest BCUT2D eigenvalue weighted by molar-refractivity contribution is 7.89. The van der Waals surface area contributed by atoms with Gasteiger partial charge in [-0.05, 0) is 78.5 Å². The lowest BCUT2D eigenvalue weighted by Crippen LogP contribution is -2.71. The van der Waals surface area contributed by atoms with E-state index in [4.69, 9.17) is 23.2 Å². The summed E-state index contributed by atoms with van der Waals surface area (Å²) >= 11 is 12.4. The van der Waals surface area contributed by atoms with Crippen LogP contribution >= 0.6 is 23.2 Å². The summed E-state index contributed by atoms with van der Waals surface area (Å²) in [6.07, 6.45) is 8.82. The van der Waals surface area contributed by atoms with Gasteiger partial charge in [0.2, 0.25) is 27.6 Å². The van der Waals surface area contributed by atoms with E-state index in [9.17, 15) is 42.0 Å². The van der Waals surface area contributed by atoms with Gasteiger partial charge in [-0.2, -0.15) is 4.72 Å². The first-order chi connectivity index (χ1) is 30.8. The molecule has 0 saturated heterocycles. The average Bonchev–Trinajstić information content (AvgIpc) is 3.28. The van der Waals surface area contributed by atoms with Crippen LogP contribution in [0.4, 0.5) is 0 Å². The zero-order valence-corrected chi connectivity index (χ0v) is 39.4. The number of aromatic nitrogens is 2. The average molecular weight is 958 g/mol. The Balaban J connectivity index is 1.72. The molecule has 3 aromatic rings. The molecule has 5 atom stereocenters. The van der Waals surface area contributed by atoms with Gasteiger partial charge in [0.25, 0.3) is 17.7 Å². The van der Waals surface area contributed by atoms with Crippen LogP contribution in [0, 0.1) is 17.8 Å². The summed E-state index contributed by atoms with van der Waals surface area (Å²) in [5, 5.41) is 13.6. The maximum Gasteiger partial charge on any atom is 0.289 e. The van der Waals surface area contributed by atoms with Crippen LogP contribution in [0.1, 0.15) is 103 Å². The molecular weight excluding hydrogens is 900 g/mol. The van der Waals surface area contributed by atoms with E-state index < -0.39 is 87.5 Å². The predicted octanol–water partition coefficient (Wildman–Crippen LogP) is 4.67. The number of carbonyl (C=O) groups is 7. The van der Waals surface area contributed by atoms with Crippen molar-refractivity contribution >= 4 is 74.8 Å². The number of ketones is 1. The van der Waals surface area contributed by atoms with E-state index in [0.29, 0.717) is 33.9 Å². The highest BCUT2D eigenvalue weighted by Gasteiger charge is 2.47. The summed E-state index contributed by atoms with van der Waals surface area (Å²) in [5.74, 6) is -6.59. The smallest absolute Gasteiger partial charge is 0.289 e. The van der Waals surface area contributed by atoms with Gasteiger partial charge in [-0.25, -0.2) is 13.4 Å². The number of aldehydes is 1. The molecule has 1 heterocycles. The molecule has 4 rings (SSSR count). The monoisotopic (exact) mass is 956 g/mol. The molecule has 20 heteroatoms. The van der Waals surface area contributed by atoms with Crippen LogP contribution in [-0.2, 0) is 38.8 Å². The van der Waals surface area contributed by atoms with Gasteiger partial charge >= 0.3 is 0 Å². The fraction of sp³-hybridized carbons (Fsp3) is 0.489. The Hall–Kier alpha value is -5.30. The second-order valence-electron chi connectivity index (χ2n) is 16.7. The van der Waals surface area contributed by atoms with Crippen molar-refractivity contribution in [2.75, 3.05) is 6.54 Å². The standard InChI is InChI=1S/C45H58Cl2N8O9S/c1-6-28(5)38(42(60)52-36(21-29-11-9-8-10-12-29)40(58)51-35(7-2)39(57)43(61)50-19-20-56)53-44(62)45(25-27(3)4,54-41(59)37-26-48-17-18-49-37)55-65(63,64)34-15-13-30(14-16-34)31-22-32(46)24-33(47)23-31/h13-18,20,22-24,26-29,35-36,38,55H,6-12,19,21,25H2,1-5H3,(H,50,61)(H,51,58)(H,52,60)(H,53,62)(H,54,59). The van der Waals surface area contributed by atoms with E-state index in [1.807, 2.05) is 0 Å². The Morgan fingerprint density at radius 1 is 0.831 bits per heavy atom. The second kappa shape index (κ2) is 24.3. The summed E-state index contributed by atoms with van der Waals surface area (Å²) in [5.41, 5.74) is -1.46. The minimum absolute atomic E-state index is 0.0315. The van der Waals surface area contributed by atoms with E-state index in [2.05, 4.69) is 41.3 Å². The van der Waals surface area contributed by atoms with Gasteiger partial charge in [-0.3, -0.25) is 33.8 Å². The van der Waals surface area contributed by atoms with E-state index in [1.54, 1.807) is 52.8 Å².